The highest BCUT2D eigenvalue weighted by Gasteiger charge is 2.05. The molecule has 0 unspecified atom stereocenters. The zero-order chi connectivity index (χ0) is 14.5. The van der Waals surface area contributed by atoms with E-state index in [2.05, 4.69) is 11.4 Å². The van der Waals surface area contributed by atoms with Crippen LogP contribution in [0.25, 0.3) is 0 Å². The lowest BCUT2D eigenvalue weighted by molar-refractivity contribution is -0.115. The molecule has 2 aromatic carbocycles. The first kappa shape index (κ1) is 14.1. The van der Waals surface area contributed by atoms with Crippen LogP contribution in [0, 0.1) is 13.8 Å². The number of carbonyl (C=O) groups excluding carboxylic acids is 1. The van der Waals surface area contributed by atoms with Crippen molar-refractivity contribution in [1.29, 1.82) is 0 Å². The Balaban J connectivity index is 2.04. The topological polar surface area (TPSA) is 38.3 Å². The summed E-state index contributed by atoms with van der Waals surface area (Å²) in [4.78, 5) is 12.1. The van der Waals surface area contributed by atoms with Gasteiger partial charge >= 0.3 is 0 Å². The second-order valence-corrected chi connectivity index (χ2v) is 4.95. The van der Waals surface area contributed by atoms with Crippen molar-refractivity contribution in [3.05, 3.63) is 59.2 Å². The van der Waals surface area contributed by atoms with Crippen molar-refractivity contribution in [1.82, 2.24) is 0 Å². The second-order valence-electron chi connectivity index (χ2n) is 4.95. The van der Waals surface area contributed by atoms with Gasteiger partial charge in [0.05, 0.1) is 13.5 Å². The number of hydrogen-bond acceptors (Lipinski definition) is 2. The van der Waals surface area contributed by atoms with E-state index in [4.69, 9.17) is 4.74 Å². The minimum atomic E-state index is -0.0248. The molecule has 0 spiro atoms. The summed E-state index contributed by atoms with van der Waals surface area (Å²) in [6.45, 7) is 4.04. The highest BCUT2D eigenvalue weighted by Crippen LogP contribution is 2.16. The highest BCUT2D eigenvalue weighted by molar-refractivity contribution is 5.92. The maximum Gasteiger partial charge on any atom is 0.228 e. The zero-order valence-corrected chi connectivity index (χ0v) is 12.1. The van der Waals surface area contributed by atoms with Gasteiger partial charge < -0.3 is 10.1 Å². The molecule has 104 valence electrons. The van der Waals surface area contributed by atoms with Gasteiger partial charge in [-0.25, -0.2) is 0 Å². The van der Waals surface area contributed by atoms with Crippen molar-refractivity contribution >= 4 is 11.6 Å². The molecule has 0 aliphatic heterocycles. The SMILES string of the molecule is COc1cccc(CC(=O)Nc2cc(C)cc(C)c2)c1. The molecule has 0 aromatic heterocycles. The number of hydrogen-bond donors (Lipinski definition) is 1. The average Bonchev–Trinajstić information content (AvgIpc) is 2.37. The molecule has 20 heavy (non-hydrogen) atoms. The largest absolute Gasteiger partial charge is 0.497 e. The zero-order valence-electron chi connectivity index (χ0n) is 12.1. The Morgan fingerprint density at radius 3 is 2.45 bits per heavy atom. The van der Waals surface area contributed by atoms with Crippen LogP contribution in [0.2, 0.25) is 0 Å². The Morgan fingerprint density at radius 1 is 1.10 bits per heavy atom. The van der Waals surface area contributed by atoms with Gasteiger partial charge in [0.1, 0.15) is 5.75 Å². The lowest BCUT2D eigenvalue weighted by Gasteiger charge is -2.08. The molecule has 0 saturated heterocycles. The lowest BCUT2D eigenvalue weighted by atomic mass is 10.1. The Kier molecular flexibility index (Phi) is 4.41. The van der Waals surface area contributed by atoms with Gasteiger partial charge in [0.25, 0.3) is 0 Å². The summed E-state index contributed by atoms with van der Waals surface area (Å²) >= 11 is 0. The number of benzene rings is 2. The molecule has 0 heterocycles. The molecule has 0 fully saturated rings. The van der Waals surface area contributed by atoms with Gasteiger partial charge in [-0.3, -0.25) is 4.79 Å². The van der Waals surface area contributed by atoms with Crippen molar-refractivity contribution < 1.29 is 9.53 Å². The Hall–Kier alpha value is -2.29. The third kappa shape index (κ3) is 3.85. The third-order valence-corrected chi connectivity index (χ3v) is 3.00. The quantitative estimate of drug-likeness (QED) is 0.922. The van der Waals surface area contributed by atoms with E-state index in [1.54, 1.807) is 7.11 Å². The predicted molar refractivity (Wildman–Crippen MR) is 81.2 cm³/mol. The average molecular weight is 269 g/mol. The van der Waals surface area contributed by atoms with Gasteiger partial charge in [0.2, 0.25) is 5.91 Å². The van der Waals surface area contributed by atoms with Crippen LogP contribution in [0.1, 0.15) is 16.7 Å². The molecule has 0 saturated carbocycles. The van der Waals surface area contributed by atoms with Crippen LogP contribution in [0.15, 0.2) is 42.5 Å². The van der Waals surface area contributed by atoms with E-state index in [1.807, 2.05) is 50.2 Å². The molecule has 0 aliphatic carbocycles. The fourth-order valence-corrected chi connectivity index (χ4v) is 2.22. The van der Waals surface area contributed by atoms with Crippen LogP contribution in [0.4, 0.5) is 5.69 Å². The number of rotatable bonds is 4. The number of methoxy groups -OCH3 is 1. The van der Waals surface area contributed by atoms with E-state index < -0.39 is 0 Å². The summed E-state index contributed by atoms with van der Waals surface area (Å²) in [6.07, 6.45) is 0.337. The van der Waals surface area contributed by atoms with Crippen molar-refractivity contribution in [2.45, 2.75) is 20.3 Å². The van der Waals surface area contributed by atoms with Crippen LogP contribution < -0.4 is 10.1 Å². The van der Waals surface area contributed by atoms with E-state index in [0.29, 0.717) is 6.42 Å². The molecule has 0 aliphatic rings. The van der Waals surface area contributed by atoms with Crippen molar-refractivity contribution in [3.8, 4) is 5.75 Å². The van der Waals surface area contributed by atoms with E-state index >= 15 is 0 Å². The van der Waals surface area contributed by atoms with E-state index in [9.17, 15) is 4.79 Å². The van der Waals surface area contributed by atoms with Crippen LogP contribution in [0.3, 0.4) is 0 Å². The third-order valence-electron chi connectivity index (χ3n) is 3.00. The highest BCUT2D eigenvalue weighted by atomic mass is 16.5. The molecule has 0 radical (unpaired) electrons. The smallest absolute Gasteiger partial charge is 0.228 e. The molecule has 2 aromatic rings. The molecule has 1 N–H and O–H groups in total. The molecule has 3 heteroatoms. The predicted octanol–water partition coefficient (Wildman–Crippen LogP) is 3.49. The number of ether oxygens (including phenoxy) is 1. The summed E-state index contributed by atoms with van der Waals surface area (Å²) in [5.74, 6) is 0.741. The van der Waals surface area contributed by atoms with Crippen LogP contribution in [0.5, 0.6) is 5.75 Å². The van der Waals surface area contributed by atoms with E-state index in [0.717, 1.165) is 28.1 Å². The summed E-state index contributed by atoms with van der Waals surface area (Å²) in [7, 11) is 1.62. The minimum Gasteiger partial charge on any atom is -0.497 e. The standard InChI is InChI=1S/C17H19NO2/c1-12-7-13(2)9-15(8-12)18-17(19)11-14-5-4-6-16(10-14)20-3/h4-10H,11H2,1-3H3,(H,18,19). The maximum atomic E-state index is 12.1. The molecular formula is C17H19NO2. The molecule has 0 bridgehead atoms. The van der Waals surface area contributed by atoms with Crippen molar-refractivity contribution in [2.75, 3.05) is 12.4 Å². The first-order valence-electron chi connectivity index (χ1n) is 6.58. The summed E-state index contributed by atoms with van der Waals surface area (Å²) < 4.78 is 5.15. The Bertz CT molecular complexity index is 600. The monoisotopic (exact) mass is 269 g/mol. The molecular weight excluding hydrogens is 250 g/mol. The van der Waals surface area contributed by atoms with Gasteiger partial charge in [-0.2, -0.15) is 0 Å². The van der Waals surface area contributed by atoms with Crippen molar-refractivity contribution in [2.24, 2.45) is 0 Å². The number of amides is 1. The Morgan fingerprint density at radius 2 is 1.80 bits per heavy atom. The fourth-order valence-electron chi connectivity index (χ4n) is 2.22. The summed E-state index contributed by atoms with van der Waals surface area (Å²) in [6, 6.07) is 13.6. The summed E-state index contributed by atoms with van der Waals surface area (Å²) in [5, 5.41) is 2.93. The summed E-state index contributed by atoms with van der Waals surface area (Å²) in [5.41, 5.74) is 4.06. The van der Waals surface area contributed by atoms with Crippen LogP contribution in [-0.4, -0.2) is 13.0 Å². The second kappa shape index (κ2) is 6.24. The van der Waals surface area contributed by atoms with Gasteiger partial charge in [0.15, 0.2) is 0 Å². The van der Waals surface area contributed by atoms with Crippen LogP contribution >= 0.6 is 0 Å². The van der Waals surface area contributed by atoms with Crippen molar-refractivity contribution in [3.63, 3.8) is 0 Å². The lowest BCUT2D eigenvalue weighted by Crippen LogP contribution is -2.14. The normalized spacial score (nSPS) is 10.2. The van der Waals surface area contributed by atoms with Gasteiger partial charge in [-0.05, 0) is 54.8 Å². The van der Waals surface area contributed by atoms with Gasteiger partial charge in [-0.1, -0.05) is 18.2 Å². The van der Waals surface area contributed by atoms with E-state index in [1.165, 1.54) is 0 Å². The minimum absolute atomic E-state index is 0.0248. The molecule has 2 rings (SSSR count). The number of nitrogens with one attached hydrogen (secondary N) is 1. The number of aryl methyl sites for hydroxylation is 2. The fraction of sp³-hybridized carbons (Fsp3) is 0.235. The molecule has 1 amide bonds. The number of carbonyl (C=O) groups is 1. The number of anilines is 1. The van der Waals surface area contributed by atoms with Gasteiger partial charge in [-0.15, -0.1) is 0 Å². The molecule has 3 nitrogen and oxygen atoms in total. The Labute approximate surface area is 119 Å². The molecule has 0 atom stereocenters. The first-order valence-corrected chi connectivity index (χ1v) is 6.58. The van der Waals surface area contributed by atoms with E-state index in [-0.39, 0.29) is 5.91 Å². The maximum absolute atomic E-state index is 12.1. The first-order chi connectivity index (χ1) is 9.56. The van der Waals surface area contributed by atoms with Gasteiger partial charge in [0, 0.05) is 5.69 Å². The van der Waals surface area contributed by atoms with Crippen LogP contribution in [-0.2, 0) is 11.2 Å².